The molecule has 21 heavy (non-hydrogen) atoms. The lowest BCUT2D eigenvalue weighted by molar-refractivity contribution is -0.136. The number of aryl methyl sites for hydroxylation is 3. The molecule has 0 radical (unpaired) electrons. The van der Waals surface area contributed by atoms with Crippen molar-refractivity contribution in [2.75, 3.05) is 5.75 Å². The van der Waals surface area contributed by atoms with Crippen LogP contribution in [-0.2, 0) is 4.79 Å². The van der Waals surface area contributed by atoms with Crippen LogP contribution < -0.4 is 0 Å². The topological polar surface area (TPSA) is 63.1 Å². The van der Waals surface area contributed by atoms with E-state index >= 15 is 0 Å². The zero-order valence-corrected chi connectivity index (χ0v) is 13.2. The van der Waals surface area contributed by atoms with Gasteiger partial charge < -0.3 is 5.11 Å². The Morgan fingerprint density at radius 3 is 2.67 bits per heavy atom. The summed E-state index contributed by atoms with van der Waals surface area (Å²) in [7, 11) is 0. The first-order valence-corrected chi connectivity index (χ1v) is 7.72. The third-order valence-electron chi connectivity index (χ3n) is 3.05. The molecule has 0 unspecified atom stereocenters. The lowest BCUT2D eigenvalue weighted by Crippen LogP contribution is -1.99. The Morgan fingerprint density at radius 1 is 1.19 bits per heavy atom. The molecule has 0 spiro atoms. The summed E-state index contributed by atoms with van der Waals surface area (Å²) in [6, 6.07) is 8.24. The molecule has 1 heterocycles. The SMILES string of the molecule is Cc1ccc(C)c(-c2cc(C)nc(SCCC(=O)O)n2)c1. The van der Waals surface area contributed by atoms with E-state index in [0.717, 1.165) is 17.0 Å². The molecule has 0 amide bonds. The van der Waals surface area contributed by atoms with E-state index in [1.54, 1.807) is 0 Å². The van der Waals surface area contributed by atoms with E-state index in [1.807, 2.05) is 13.0 Å². The molecule has 0 atom stereocenters. The number of thioether (sulfide) groups is 1. The Bertz CT molecular complexity index is 671. The average molecular weight is 302 g/mol. The highest BCUT2D eigenvalue weighted by Gasteiger charge is 2.09. The maximum absolute atomic E-state index is 10.6. The molecule has 0 saturated heterocycles. The van der Waals surface area contributed by atoms with Crippen molar-refractivity contribution >= 4 is 17.7 Å². The third-order valence-corrected chi connectivity index (χ3v) is 3.90. The van der Waals surface area contributed by atoms with Gasteiger partial charge in [0.1, 0.15) is 0 Å². The van der Waals surface area contributed by atoms with E-state index in [0.29, 0.717) is 10.9 Å². The largest absolute Gasteiger partial charge is 0.481 e. The molecule has 0 aliphatic rings. The molecule has 1 aromatic carbocycles. The summed E-state index contributed by atoms with van der Waals surface area (Å²) in [5, 5.41) is 9.32. The van der Waals surface area contributed by atoms with E-state index in [9.17, 15) is 4.79 Å². The van der Waals surface area contributed by atoms with Crippen molar-refractivity contribution < 1.29 is 9.90 Å². The Kier molecular flexibility index (Phi) is 4.96. The van der Waals surface area contributed by atoms with Gasteiger partial charge in [-0.15, -0.1) is 0 Å². The van der Waals surface area contributed by atoms with Gasteiger partial charge in [0.15, 0.2) is 5.16 Å². The summed E-state index contributed by atoms with van der Waals surface area (Å²) in [4.78, 5) is 19.5. The second kappa shape index (κ2) is 6.72. The molecule has 4 nitrogen and oxygen atoms in total. The zero-order chi connectivity index (χ0) is 15.4. The number of benzene rings is 1. The second-order valence-corrected chi connectivity index (χ2v) is 6.05. The molecule has 0 aliphatic heterocycles. The molecule has 0 saturated carbocycles. The fraction of sp³-hybridized carbons (Fsp3) is 0.312. The van der Waals surface area contributed by atoms with E-state index in [4.69, 9.17) is 5.11 Å². The smallest absolute Gasteiger partial charge is 0.304 e. The van der Waals surface area contributed by atoms with Crippen LogP contribution >= 0.6 is 11.8 Å². The number of nitrogens with zero attached hydrogens (tertiary/aromatic N) is 2. The number of hydrogen-bond acceptors (Lipinski definition) is 4. The first-order chi connectivity index (χ1) is 9.95. The number of carbonyl (C=O) groups is 1. The standard InChI is InChI=1S/C16H18N2O2S/c1-10-4-5-11(2)13(8-10)14-9-12(3)17-16(18-14)21-7-6-15(19)20/h4-5,8-9H,6-7H2,1-3H3,(H,19,20). The first-order valence-electron chi connectivity index (χ1n) is 6.73. The average Bonchev–Trinajstić information content (AvgIpc) is 2.40. The van der Waals surface area contributed by atoms with E-state index in [2.05, 4.69) is 42.0 Å². The summed E-state index contributed by atoms with van der Waals surface area (Å²) >= 11 is 1.38. The van der Waals surface area contributed by atoms with E-state index in [1.165, 1.54) is 22.9 Å². The van der Waals surface area contributed by atoms with Crippen molar-refractivity contribution in [1.82, 2.24) is 9.97 Å². The summed E-state index contributed by atoms with van der Waals surface area (Å²) < 4.78 is 0. The molecule has 0 fully saturated rings. The lowest BCUT2D eigenvalue weighted by Gasteiger charge is -2.09. The first kappa shape index (κ1) is 15.5. The van der Waals surface area contributed by atoms with Gasteiger partial charge in [-0.1, -0.05) is 29.5 Å². The van der Waals surface area contributed by atoms with E-state index in [-0.39, 0.29) is 6.42 Å². The molecule has 5 heteroatoms. The Hall–Kier alpha value is -1.88. The molecular weight excluding hydrogens is 284 g/mol. The van der Waals surface area contributed by atoms with Gasteiger partial charge in [0.2, 0.25) is 0 Å². The Morgan fingerprint density at radius 2 is 1.95 bits per heavy atom. The number of hydrogen-bond donors (Lipinski definition) is 1. The molecule has 2 rings (SSSR count). The fourth-order valence-electron chi connectivity index (χ4n) is 1.99. The van der Waals surface area contributed by atoms with Crippen molar-refractivity contribution in [2.24, 2.45) is 0 Å². The molecular formula is C16H18N2O2S. The molecule has 0 bridgehead atoms. The van der Waals surface area contributed by atoms with Crippen LogP contribution in [0.3, 0.4) is 0 Å². The lowest BCUT2D eigenvalue weighted by atomic mass is 10.0. The second-order valence-electron chi connectivity index (χ2n) is 4.99. The summed E-state index contributed by atoms with van der Waals surface area (Å²) in [5.41, 5.74) is 5.23. The highest BCUT2D eigenvalue weighted by atomic mass is 32.2. The Balaban J connectivity index is 2.30. The van der Waals surface area contributed by atoms with Crippen LogP contribution in [0.25, 0.3) is 11.3 Å². The Labute approximate surface area is 128 Å². The molecule has 1 aromatic heterocycles. The van der Waals surface area contributed by atoms with E-state index < -0.39 is 5.97 Å². The van der Waals surface area contributed by atoms with Crippen LogP contribution in [0.5, 0.6) is 0 Å². The zero-order valence-electron chi connectivity index (χ0n) is 12.4. The maximum atomic E-state index is 10.6. The van der Waals surface area contributed by atoms with Crippen LogP contribution in [0.15, 0.2) is 29.4 Å². The van der Waals surface area contributed by atoms with Crippen molar-refractivity contribution in [3.05, 3.63) is 41.1 Å². The minimum Gasteiger partial charge on any atom is -0.481 e. The van der Waals surface area contributed by atoms with Gasteiger partial charge in [-0.05, 0) is 38.5 Å². The van der Waals surface area contributed by atoms with Gasteiger partial charge in [-0.2, -0.15) is 0 Å². The molecule has 0 aliphatic carbocycles. The minimum absolute atomic E-state index is 0.112. The molecule has 110 valence electrons. The summed E-state index contributed by atoms with van der Waals surface area (Å²) in [6.07, 6.45) is 0.112. The normalized spacial score (nSPS) is 10.6. The van der Waals surface area contributed by atoms with Crippen molar-refractivity contribution in [3.63, 3.8) is 0 Å². The number of carboxylic acid groups (broad SMARTS) is 1. The third kappa shape index (κ3) is 4.29. The maximum Gasteiger partial charge on any atom is 0.304 e. The van der Waals surface area contributed by atoms with Crippen molar-refractivity contribution in [2.45, 2.75) is 32.3 Å². The predicted octanol–water partition coefficient (Wildman–Crippen LogP) is 3.64. The predicted molar refractivity (Wildman–Crippen MR) is 84.7 cm³/mol. The summed E-state index contributed by atoms with van der Waals surface area (Å²) in [5.74, 6) is -0.324. The van der Waals surface area contributed by atoms with Gasteiger partial charge in [-0.3, -0.25) is 4.79 Å². The summed E-state index contributed by atoms with van der Waals surface area (Å²) in [6.45, 7) is 6.04. The van der Waals surface area contributed by atoms with Crippen LogP contribution in [0.1, 0.15) is 23.2 Å². The van der Waals surface area contributed by atoms with Crippen LogP contribution in [-0.4, -0.2) is 26.8 Å². The minimum atomic E-state index is -0.801. The van der Waals surface area contributed by atoms with Crippen LogP contribution in [0.2, 0.25) is 0 Å². The van der Waals surface area contributed by atoms with Crippen molar-refractivity contribution in [3.8, 4) is 11.3 Å². The monoisotopic (exact) mass is 302 g/mol. The van der Waals surface area contributed by atoms with Gasteiger partial charge in [0, 0.05) is 17.0 Å². The van der Waals surface area contributed by atoms with Crippen molar-refractivity contribution in [1.29, 1.82) is 0 Å². The quantitative estimate of drug-likeness (QED) is 0.675. The van der Waals surface area contributed by atoms with Gasteiger partial charge >= 0.3 is 5.97 Å². The van der Waals surface area contributed by atoms with Crippen LogP contribution in [0.4, 0.5) is 0 Å². The number of carboxylic acids is 1. The number of rotatable bonds is 5. The highest BCUT2D eigenvalue weighted by molar-refractivity contribution is 7.99. The molecule has 1 N–H and O–H groups in total. The van der Waals surface area contributed by atoms with Gasteiger partial charge in [0.05, 0.1) is 12.1 Å². The van der Waals surface area contributed by atoms with Crippen LogP contribution in [0, 0.1) is 20.8 Å². The van der Waals surface area contributed by atoms with Gasteiger partial charge in [0.25, 0.3) is 0 Å². The molecule has 2 aromatic rings. The fourth-order valence-corrected chi connectivity index (χ4v) is 2.82. The number of aliphatic carboxylic acids is 1. The highest BCUT2D eigenvalue weighted by Crippen LogP contribution is 2.25. The van der Waals surface area contributed by atoms with Gasteiger partial charge in [-0.25, -0.2) is 9.97 Å². The number of aromatic nitrogens is 2.